The minimum Gasteiger partial charge on any atom is -0.482 e. The molecule has 0 saturated heterocycles. The Kier molecular flexibility index (Phi) is 4.68. The van der Waals surface area contributed by atoms with Crippen LogP contribution in [0.25, 0.3) is 5.57 Å². The van der Waals surface area contributed by atoms with Gasteiger partial charge in [-0.15, -0.1) is 0 Å². The zero-order chi connectivity index (χ0) is 19.0. The van der Waals surface area contributed by atoms with E-state index in [9.17, 15) is 4.79 Å². The maximum Gasteiger partial charge on any atom is 0.337 e. The van der Waals surface area contributed by atoms with Crippen LogP contribution in [0.3, 0.4) is 0 Å². The maximum atomic E-state index is 12.7. The molecule has 0 saturated carbocycles. The molecular weight excluding hydrogens is 404 g/mol. The van der Waals surface area contributed by atoms with Crippen LogP contribution in [-0.4, -0.2) is 12.6 Å². The lowest BCUT2D eigenvalue weighted by Crippen LogP contribution is -2.30. The predicted molar refractivity (Wildman–Crippen MR) is 109 cm³/mol. The van der Waals surface area contributed by atoms with Gasteiger partial charge in [-0.2, -0.15) is 0 Å². The highest BCUT2D eigenvalue weighted by Gasteiger charge is 2.54. The summed E-state index contributed by atoms with van der Waals surface area (Å²) in [5.74, 6) is 0.280. The van der Waals surface area contributed by atoms with E-state index in [0.717, 1.165) is 22.0 Å². The van der Waals surface area contributed by atoms with Crippen LogP contribution in [-0.2, 0) is 19.9 Å². The molecule has 4 heteroatoms. The number of ether oxygens (including phenoxy) is 2. The van der Waals surface area contributed by atoms with Gasteiger partial charge in [0.2, 0.25) is 0 Å². The van der Waals surface area contributed by atoms with Crippen LogP contribution in [0.1, 0.15) is 31.4 Å². The van der Waals surface area contributed by atoms with Crippen molar-refractivity contribution in [2.45, 2.75) is 25.9 Å². The van der Waals surface area contributed by atoms with E-state index in [4.69, 9.17) is 9.47 Å². The summed E-state index contributed by atoms with van der Waals surface area (Å²) in [7, 11) is 0. The molecule has 1 aliphatic heterocycles. The number of halogens is 1. The molecule has 2 atom stereocenters. The molecule has 27 heavy (non-hydrogen) atoms. The third-order valence-electron chi connectivity index (χ3n) is 5.30. The van der Waals surface area contributed by atoms with Crippen LogP contribution in [0.5, 0.6) is 0 Å². The van der Waals surface area contributed by atoms with Crippen molar-refractivity contribution in [3.8, 4) is 0 Å². The van der Waals surface area contributed by atoms with Crippen LogP contribution < -0.4 is 0 Å². The monoisotopic (exact) mass is 424 g/mol. The summed E-state index contributed by atoms with van der Waals surface area (Å²) in [5, 5.41) is 0. The number of fused-ring (bicyclic) bond motifs is 1. The lowest BCUT2D eigenvalue weighted by Gasteiger charge is -2.29. The Bertz CT molecular complexity index is 945. The van der Waals surface area contributed by atoms with Crippen LogP contribution in [0.4, 0.5) is 0 Å². The third kappa shape index (κ3) is 3.02. The molecule has 0 N–H and O–H groups in total. The van der Waals surface area contributed by atoms with Crippen molar-refractivity contribution in [2.24, 2.45) is 5.92 Å². The molecule has 1 heterocycles. The number of hydrogen-bond donors (Lipinski definition) is 0. The molecule has 1 aliphatic carbocycles. The highest BCUT2D eigenvalue weighted by molar-refractivity contribution is 9.10. The van der Waals surface area contributed by atoms with E-state index >= 15 is 0 Å². The Labute approximate surface area is 167 Å². The highest BCUT2D eigenvalue weighted by atomic mass is 79.9. The first-order valence-corrected chi connectivity index (χ1v) is 9.94. The Hall–Kier alpha value is -2.33. The van der Waals surface area contributed by atoms with E-state index in [1.807, 2.05) is 44.2 Å². The van der Waals surface area contributed by atoms with Crippen molar-refractivity contribution < 1.29 is 14.3 Å². The lowest BCUT2D eigenvalue weighted by atomic mass is 9.81. The average Bonchev–Trinajstić information content (AvgIpc) is 3.15. The number of esters is 1. The first-order valence-electron chi connectivity index (χ1n) is 9.15. The molecule has 0 fully saturated rings. The minimum absolute atomic E-state index is 0.0962. The second kappa shape index (κ2) is 7.01. The quantitative estimate of drug-likeness (QED) is 0.597. The third-order valence-corrected chi connectivity index (χ3v) is 5.79. The fourth-order valence-electron chi connectivity index (χ4n) is 4.18. The summed E-state index contributed by atoms with van der Waals surface area (Å²) in [4.78, 5) is 12.7. The van der Waals surface area contributed by atoms with E-state index in [0.29, 0.717) is 17.9 Å². The van der Waals surface area contributed by atoms with Crippen LogP contribution in [0, 0.1) is 5.92 Å². The topological polar surface area (TPSA) is 35.5 Å². The number of carbonyl (C=O) groups is 1. The van der Waals surface area contributed by atoms with Crippen molar-refractivity contribution in [3.63, 3.8) is 0 Å². The average molecular weight is 425 g/mol. The fourth-order valence-corrected chi connectivity index (χ4v) is 4.58. The number of allylic oxidation sites excluding steroid dienone is 2. The Morgan fingerprint density at radius 3 is 2.70 bits per heavy atom. The highest BCUT2D eigenvalue weighted by Crippen LogP contribution is 2.56. The van der Waals surface area contributed by atoms with E-state index in [1.54, 1.807) is 0 Å². The van der Waals surface area contributed by atoms with Gasteiger partial charge in [0.1, 0.15) is 5.76 Å². The first kappa shape index (κ1) is 18.1. The SMILES string of the molecule is CCOC(=O)C1=C(C)O[C@@]2(c3cccc(Br)c3)C=C(c3ccccc3)C[C@@H]12. The normalized spacial score (nSPS) is 23.7. The van der Waals surface area contributed by atoms with Crippen molar-refractivity contribution in [1.82, 2.24) is 0 Å². The largest absolute Gasteiger partial charge is 0.482 e. The predicted octanol–water partition coefficient (Wildman–Crippen LogP) is 5.62. The van der Waals surface area contributed by atoms with Crippen LogP contribution >= 0.6 is 15.9 Å². The molecule has 4 rings (SSSR count). The fraction of sp³-hybridized carbons (Fsp3) is 0.261. The Morgan fingerprint density at radius 1 is 1.22 bits per heavy atom. The number of carbonyl (C=O) groups excluding carboxylic acids is 1. The molecule has 2 aromatic rings. The summed E-state index contributed by atoms with van der Waals surface area (Å²) in [6, 6.07) is 18.4. The molecule has 2 aromatic carbocycles. The second-order valence-corrected chi connectivity index (χ2v) is 7.80. The standard InChI is InChI=1S/C23H21BrO3/c1-3-26-22(25)21-15(2)27-23(18-10-7-11-19(24)13-18)14-17(12-20(21)23)16-8-5-4-6-9-16/h4-11,13-14,20H,3,12H2,1-2H3/t20-,23+/m0/s1. The van der Waals surface area contributed by atoms with Gasteiger partial charge < -0.3 is 9.47 Å². The van der Waals surface area contributed by atoms with Gasteiger partial charge in [-0.25, -0.2) is 4.79 Å². The van der Waals surface area contributed by atoms with E-state index < -0.39 is 5.60 Å². The molecule has 0 spiro atoms. The molecule has 138 valence electrons. The van der Waals surface area contributed by atoms with E-state index in [1.165, 1.54) is 5.57 Å². The molecule has 0 unspecified atom stereocenters. The molecule has 3 nitrogen and oxygen atoms in total. The summed E-state index contributed by atoms with van der Waals surface area (Å²) in [6.45, 7) is 4.04. The lowest BCUT2D eigenvalue weighted by molar-refractivity contribution is -0.139. The van der Waals surface area contributed by atoms with Gasteiger partial charge in [0.05, 0.1) is 12.2 Å². The Morgan fingerprint density at radius 2 is 2.00 bits per heavy atom. The van der Waals surface area contributed by atoms with Crippen molar-refractivity contribution in [2.75, 3.05) is 6.61 Å². The van der Waals surface area contributed by atoms with Gasteiger partial charge in [0.25, 0.3) is 0 Å². The summed E-state index contributed by atoms with van der Waals surface area (Å²) >= 11 is 3.57. The first-order chi connectivity index (χ1) is 13.0. The van der Waals surface area contributed by atoms with Gasteiger partial charge in [0, 0.05) is 16.0 Å². The summed E-state index contributed by atoms with van der Waals surface area (Å²) < 4.78 is 12.8. The smallest absolute Gasteiger partial charge is 0.337 e. The molecule has 0 radical (unpaired) electrons. The minimum atomic E-state index is -0.679. The molecule has 0 bridgehead atoms. The number of hydrogen-bond acceptors (Lipinski definition) is 3. The van der Waals surface area contributed by atoms with E-state index in [-0.39, 0.29) is 11.9 Å². The van der Waals surface area contributed by atoms with E-state index in [2.05, 4.69) is 46.3 Å². The van der Waals surface area contributed by atoms with Crippen LogP contribution in [0.2, 0.25) is 0 Å². The second-order valence-electron chi connectivity index (χ2n) is 6.89. The number of rotatable bonds is 4. The van der Waals surface area contributed by atoms with Crippen molar-refractivity contribution in [3.05, 3.63) is 87.6 Å². The summed E-state index contributed by atoms with van der Waals surface area (Å²) in [5.41, 5.74) is 3.35. The van der Waals surface area contributed by atoms with Gasteiger partial charge in [0.15, 0.2) is 5.60 Å². The van der Waals surface area contributed by atoms with Crippen LogP contribution in [0.15, 0.2) is 76.5 Å². The zero-order valence-corrected chi connectivity index (χ0v) is 17.0. The molecular formula is C23H21BrO3. The van der Waals surface area contributed by atoms with Gasteiger partial charge >= 0.3 is 5.97 Å². The van der Waals surface area contributed by atoms with Crippen molar-refractivity contribution in [1.29, 1.82) is 0 Å². The summed E-state index contributed by atoms with van der Waals surface area (Å²) in [6.07, 6.45) is 2.92. The van der Waals surface area contributed by atoms with Gasteiger partial charge in [-0.1, -0.05) is 58.4 Å². The molecule has 0 aromatic heterocycles. The molecule has 0 amide bonds. The van der Waals surface area contributed by atoms with Gasteiger partial charge in [-0.05, 0) is 49.6 Å². The Balaban J connectivity index is 1.83. The number of benzene rings is 2. The zero-order valence-electron chi connectivity index (χ0n) is 15.4. The molecule has 2 aliphatic rings. The van der Waals surface area contributed by atoms with Gasteiger partial charge in [-0.3, -0.25) is 0 Å². The maximum absolute atomic E-state index is 12.7. The van der Waals surface area contributed by atoms with Crippen molar-refractivity contribution >= 4 is 27.5 Å².